The van der Waals surface area contributed by atoms with E-state index in [4.69, 9.17) is 0 Å². The van der Waals surface area contributed by atoms with Crippen LogP contribution in [0.3, 0.4) is 0 Å². The molecule has 2 amide bonds. The minimum Gasteiger partial charge on any atom is -0.353 e. The molecule has 1 aliphatic rings. The van der Waals surface area contributed by atoms with Gasteiger partial charge in [0, 0.05) is 45.0 Å². The summed E-state index contributed by atoms with van der Waals surface area (Å²) in [5.74, 6) is -0.723. The smallest absolute Gasteiger partial charge is 0.256 e. The second-order valence-electron chi connectivity index (χ2n) is 9.08. The SMILES string of the molecule is Cc1ccc(C#N)cc1N(CC(=O)NCCNC(C)C)CC(=O)N(C)N1Cc2ccc(F)cc2C1.Cl.Cl. The normalized spacial score (nSPS) is 12.1. The van der Waals surface area contributed by atoms with Gasteiger partial charge in [-0.25, -0.2) is 9.40 Å². The van der Waals surface area contributed by atoms with Crippen molar-refractivity contribution in [2.75, 3.05) is 38.1 Å². The van der Waals surface area contributed by atoms with Gasteiger partial charge in [0.1, 0.15) is 5.82 Å². The molecule has 0 atom stereocenters. The Morgan fingerprint density at radius 3 is 2.46 bits per heavy atom. The molecule has 0 aliphatic carbocycles. The maximum atomic E-state index is 13.6. The molecule has 0 spiro atoms. The molecule has 3 rings (SSSR count). The van der Waals surface area contributed by atoms with Crippen LogP contribution < -0.4 is 15.5 Å². The Labute approximate surface area is 230 Å². The highest BCUT2D eigenvalue weighted by Gasteiger charge is 2.27. The quantitative estimate of drug-likeness (QED) is 0.440. The number of benzene rings is 2. The van der Waals surface area contributed by atoms with Crippen molar-refractivity contribution < 1.29 is 14.0 Å². The Balaban J connectivity index is 0.00000342. The van der Waals surface area contributed by atoms with Gasteiger partial charge in [0.15, 0.2) is 0 Å². The van der Waals surface area contributed by atoms with Crippen molar-refractivity contribution in [1.29, 1.82) is 5.26 Å². The molecule has 2 N–H and O–H groups in total. The summed E-state index contributed by atoms with van der Waals surface area (Å²) in [5, 5.41) is 18.9. The zero-order chi connectivity index (χ0) is 25.5. The highest BCUT2D eigenvalue weighted by molar-refractivity contribution is 5.87. The minimum atomic E-state index is -0.298. The molecule has 1 heterocycles. The summed E-state index contributed by atoms with van der Waals surface area (Å²) in [6.45, 7) is 7.92. The third-order valence-electron chi connectivity index (χ3n) is 6.00. The van der Waals surface area contributed by atoms with Gasteiger partial charge >= 0.3 is 0 Å². The standard InChI is InChI=1S/C26H33FN6O2.2ClH/c1-18(2)29-9-10-30-25(34)16-32(24-11-20(13-28)6-5-19(24)3)17-26(35)31(4)33-14-21-7-8-23(27)12-22(21)15-33;;/h5-8,11-12,18,29H,9-10,14-17H2,1-4H3,(H,30,34);2*1H. The molecule has 37 heavy (non-hydrogen) atoms. The number of nitrogens with one attached hydrogen (secondary N) is 2. The molecular formula is C26H35Cl2FN6O2. The first-order valence-corrected chi connectivity index (χ1v) is 11.7. The van der Waals surface area contributed by atoms with Crippen molar-refractivity contribution >= 4 is 42.3 Å². The molecule has 2 aromatic rings. The van der Waals surface area contributed by atoms with E-state index in [0.29, 0.717) is 43.5 Å². The van der Waals surface area contributed by atoms with Crippen molar-refractivity contribution in [1.82, 2.24) is 20.7 Å². The Kier molecular flexibility index (Phi) is 12.8. The Hall–Kier alpha value is -2.90. The lowest BCUT2D eigenvalue weighted by Crippen LogP contribution is -2.48. The lowest BCUT2D eigenvalue weighted by Gasteiger charge is -2.32. The molecule has 2 aromatic carbocycles. The first-order chi connectivity index (χ1) is 16.7. The van der Waals surface area contributed by atoms with Gasteiger partial charge < -0.3 is 15.5 Å². The van der Waals surface area contributed by atoms with Crippen LogP contribution in [0.5, 0.6) is 0 Å². The summed E-state index contributed by atoms with van der Waals surface area (Å²) < 4.78 is 13.6. The first kappa shape index (κ1) is 32.1. The number of hydrazine groups is 1. The Morgan fingerprint density at radius 1 is 1.08 bits per heavy atom. The average Bonchev–Trinajstić information content (AvgIpc) is 3.24. The van der Waals surface area contributed by atoms with Gasteiger partial charge in [-0.1, -0.05) is 26.0 Å². The first-order valence-electron chi connectivity index (χ1n) is 11.7. The van der Waals surface area contributed by atoms with Crippen LogP contribution in [-0.2, 0) is 22.7 Å². The molecule has 8 nitrogen and oxygen atoms in total. The molecule has 1 aliphatic heterocycles. The van der Waals surface area contributed by atoms with Crippen LogP contribution in [0, 0.1) is 24.1 Å². The molecule has 0 saturated heterocycles. The number of nitrogens with zero attached hydrogens (tertiary/aromatic N) is 4. The van der Waals surface area contributed by atoms with Crippen LogP contribution in [0.2, 0.25) is 0 Å². The molecular weight excluding hydrogens is 518 g/mol. The van der Waals surface area contributed by atoms with Crippen LogP contribution in [0.1, 0.15) is 36.1 Å². The molecule has 11 heteroatoms. The van der Waals surface area contributed by atoms with Crippen molar-refractivity contribution in [3.63, 3.8) is 0 Å². The molecule has 0 bridgehead atoms. The number of halogens is 3. The van der Waals surface area contributed by atoms with E-state index in [1.807, 2.05) is 31.8 Å². The lowest BCUT2D eigenvalue weighted by atomic mass is 10.1. The summed E-state index contributed by atoms with van der Waals surface area (Å²) in [6, 6.07) is 12.3. The van der Waals surface area contributed by atoms with Crippen molar-refractivity contribution in [3.8, 4) is 6.07 Å². The highest BCUT2D eigenvalue weighted by Crippen LogP contribution is 2.25. The third-order valence-corrected chi connectivity index (χ3v) is 6.00. The van der Waals surface area contributed by atoms with Gasteiger partial charge in [-0.05, 0) is 47.9 Å². The Morgan fingerprint density at radius 2 is 1.78 bits per heavy atom. The molecule has 0 aromatic heterocycles. The van der Waals surface area contributed by atoms with E-state index in [0.717, 1.165) is 16.7 Å². The molecule has 0 unspecified atom stereocenters. The fourth-order valence-corrected chi connectivity index (χ4v) is 4.02. The average molecular weight is 554 g/mol. The van der Waals surface area contributed by atoms with Gasteiger partial charge in [0.25, 0.3) is 5.91 Å². The van der Waals surface area contributed by atoms with Gasteiger partial charge in [0.2, 0.25) is 5.91 Å². The second kappa shape index (κ2) is 14.7. The monoisotopic (exact) mass is 552 g/mol. The largest absolute Gasteiger partial charge is 0.353 e. The number of hydrogen-bond acceptors (Lipinski definition) is 6. The summed E-state index contributed by atoms with van der Waals surface area (Å²) in [7, 11) is 1.68. The number of rotatable bonds is 10. The Bertz CT molecular complexity index is 1120. The van der Waals surface area contributed by atoms with Gasteiger partial charge in [0.05, 0.1) is 24.7 Å². The lowest BCUT2D eigenvalue weighted by molar-refractivity contribution is -0.145. The predicted molar refractivity (Wildman–Crippen MR) is 147 cm³/mol. The van der Waals surface area contributed by atoms with Crippen molar-refractivity contribution in [2.45, 2.75) is 39.9 Å². The van der Waals surface area contributed by atoms with Crippen LogP contribution in [0.25, 0.3) is 0 Å². The fraction of sp³-hybridized carbons (Fsp3) is 0.423. The van der Waals surface area contributed by atoms with E-state index in [2.05, 4.69) is 16.7 Å². The zero-order valence-corrected chi connectivity index (χ0v) is 23.2. The van der Waals surface area contributed by atoms with E-state index in [1.54, 1.807) is 30.1 Å². The van der Waals surface area contributed by atoms with Crippen LogP contribution in [0.4, 0.5) is 10.1 Å². The number of hydrogen-bond donors (Lipinski definition) is 2. The maximum absolute atomic E-state index is 13.6. The number of aryl methyl sites for hydroxylation is 1. The van der Waals surface area contributed by atoms with Gasteiger partial charge in [-0.15, -0.1) is 24.8 Å². The third kappa shape index (κ3) is 8.86. The van der Waals surface area contributed by atoms with E-state index in [-0.39, 0.29) is 55.5 Å². The number of anilines is 1. The summed E-state index contributed by atoms with van der Waals surface area (Å²) in [6.07, 6.45) is 0. The number of amides is 2. The van der Waals surface area contributed by atoms with Gasteiger partial charge in [-0.2, -0.15) is 5.26 Å². The summed E-state index contributed by atoms with van der Waals surface area (Å²) in [4.78, 5) is 27.7. The number of fused-ring (bicyclic) bond motifs is 1. The van der Waals surface area contributed by atoms with Crippen LogP contribution >= 0.6 is 24.8 Å². The van der Waals surface area contributed by atoms with E-state index in [1.165, 1.54) is 17.1 Å². The molecule has 0 radical (unpaired) electrons. The fourth-order valence-electron chi connectivity index (χ4n) is 4.02. The molecule has 0 saturated carbocycles. The van der Waals surface area contributed by atoms with Crippen LogP contribution in [-0.4, -0.2) is 61.1 Å². The molecule has 202 valence electrons. The van der Waals surface area contributed by atoms with Gasteiger partial charge in [-0.3, -0.25) is 14.6 Å². The summed E-state index contributed by atoms with van der Waals surface area (Å²) >= 11 is 0. The van der Waals surface area contributed by atoms with E-state index < -0.39 is 0 Å². The van der Waals surface area contributed by atoms with Crippen LogP contribution in [0.15, 0.2) is 36.4 Å². The minimum absolute atomic E-state index is 0. The van der Waals surface area contributed by atoms with E-state index >= 15 is 0 Å². The topological polar surface area (TPSA) is 91.7 Å². The predicted octanol–water partition coefficient (Wildman–Crippen LogP) is 3.16. The highest BCUT2D eigenvalue weighted by atomic mass is 35.5. The molecule has 0 fully saturated rings. The van der Waals surface area contributed by atoms with Crippen molar-refractivity contribution in [3.05, 3.63) is 64.5 Å². The zero-order valence-electron chi connectivity index (χ0n) is 21.6. The van der Waals surface area contributed by atoms with E-state index in [9.17, 15) is 19.2 Å². The number of carbonyl (C=O) groups is 2. The summed E-state index contributed by atoms with van der Waals surface area (Å²) in [5.41, 5.74) is 3.81. The van der Waals surface area contributed by atoms with Crippen molar-refractivity contribution in [2.24, 2.45) is 0 Å². The second-order valence-corrected chi connectivity index (χ2v) is 9.08. The maximum Gasteiger partial charge on any atom is 0.256 e. The number of likely N-dealkylation sites (N-methyl/N-ethyl adjacent to an activating group) is 1. The number of carbonyl (C=O) groups excluding carboxylic acids is 2. The number of nitriles is 1.